The van der Waals surface area contributed by atoms with Crippen LogP contribution < -0.4 is 5.32 Å². The van der Waals surface area contributed by atoms with E-state index in [9.17, 15) is 9.59 Å². The molecule has 20 heavy (non-hydrogen) atoms. The lowest BCUT2D eigenvalue weighted by Crippen LogP contribution is -2.33. The van der Waals surface area contributed by atoms with Gasteiger partial charge in [0.25, 0.3) is 0 Å². The molecule has 1 aromatic carbocycles. The summed E-state index contributed by atoms with van der Waals surface area (Å²) in [7, 11) is 0. The molecule has 0 spiro atoms. The second kappa shape index (κ2) is 7.08. The topological polar surface area (TPSA) is 55.4 Å². The van der Waals surface area contributed by atoms with E-state index in [2.05, 4.69) is 5.32 Å². The third-order valence-corrected chi connectivity index (χ3v) is 2.59. The van der Waals surface area contributed by atoms with Gasteiger partial charge in [0, 0.05) is 18.5 Å². The number of ketones is 1. The van der Waals surface area contributed by atoms with Crippen molar-refractivity contribution in [3.05, 3.63) is 35.4 Å². The molecular formula is C16H23NO3. The Hall–Kier alpha value is -1.84. The van der Waals surface area contributed by atoms with Crippen LogP contribution in [0.15, 0.2) is 24.3 Å². The first-order valence-corrected chi connectivity index (χ1v) is 6.84. The highest BCUT2D eigenvalue weighted by atomic mass is 16.6. The van der Waals surface area contributed by atoms with E-state index in [0.717, 1.165) is 11.1 Å². The summed E-state index contributed by atoms with van der Waals surface area (Å²) in [4.78, 5) is 23.3. The van der Waals surface area contributed by atoms with Crippen LogP contribution in [0.2, 0.25) is 0 Å². The lowest BCUT2D eigenvalue weighted by Gasteiger charge is -2.19. The van der Waals surface area contributed by atoms with E-state index in [1.54, 1.807) is 0 Å². The van der Waals surface area contributed by atoms with E-state index < -0.39 is 11.7 Å². The Labute approximate surface area is 120 Å². The van der Waals surface area contributed by atoms with Gasteiger partial charge in [-0.15, -0.1) is 0 Å². The van der Waals surface area contributed by atoms with Crippen LogP contribution in [0, 0.1) is 6.92 Å². The monoisotopic (exact) mass is 277 g/mol. The van der Waals surface area contributed by atoms with Gasteiger partial charge in [-0.05, 0) is 40.2 Å². The van der Waals surface area contributed by atoms with Crippen molar-refractivity contribution < 1.29 is 14.3 Å². The molecule has 0 aromatic heterocycles. The molecule has 0 fully saturated rings. The third-order valence-electron chi connectivity index (χ3n) is 2.59. The summed E-state index contributed by atoms with van der Waals surface area (Å²) in [6.07, 6.45) is 0.575. The highest BCUT2D eigenvalue weighted by Gasteiger charge is 2.15. The molecule has 0 bridgehead atoms. The van der Waals surface area contributed by atoms with E-state index in [4.69, 9.17) is 4.74 Å². The fourth-order valence-corrected chi connectivity index (χ4v) is 1.72. The number of rotatable bonds is 5. The van der Waals surface area contributed by atoms with Gasteiger partial charge in [-0.3, -0.25) is 4.79 Å². The highest BCUT2D eigenvalue weighted by Crippen LogP contribution is 2.09. The van der Waals surface area contributed by atoms with Crippen LogP contribution in [0.4, 0.5) is 4.79 Å². The van der Waals surface area contributed by atoms with Crippen molar-refractivity contribution in [2.75, 3.05) is 6.54 Å². The number of carbonyl (C=O) groups is 2. The van der Waals surface area contributed by atoms with E-state index in [1.807, 2.05) is 52.0 Å². The molecule has 4 nitrogen and oxygen atoms in total. The van der Waals surface area contributed by atoms with Gasteiger partial charge in [-0.2, -0.15) is 0 Å². The van der Waals surface area contributed by atoms with Gasteiger partial charge in [0.05, 0.1) is 0 Å². The summed E-state index contributed by atoms with van der Waals surface area (Å²) in [5, 5.41) is 2.64. The molecule has 0 unspecified atom stereocenters. The van der Waals surface area contributed by atoms with Crippen molar-refractivity contribution in [2.24, 2.45) is 0 Å². The fourth-order valence-electron chi connectivity index (χ4n) is 1.72. The number of aryl methyl sites for hydroxylation is 1. The minimum absolute atomic E-state index is 0.0969. The van der Waals surface area contributed by atoms with Crippen LogP contribution in [-0.4, -0.2) is 24.0 Å². The first-order chi connectivity index (χ1) is 9.28. The fraction of sp³-hybridized carbons (Fsp3) is 0.500. The maximum atomic E-state index is 11.9. The van der Waals surface area contributed by atoms with Gasteiger partial charge in [-0.25, -0.2) is 4.79 Å². The maximum Gasteiger partial charge on any atom is 0.407 e. The SMILES string of the molecule is Cc1cccc(C(=O)CCCNC(=O)OC(C)(C)C)c1. The Bertz CT molecular complexity index is 475. The summed E-state index contributed by atoms with van der Waals surface area (Å²) in [5.74, 6) is 0.0969. The number of nitrogens with one attached hydrogen (secondary N) is 1. The lowest BCUT2D eigenvalue weighted by molar-refractivity contribution is 0.0525. The smallest absolute Gasteiger partial charge is 0.407 e. The van der Waals surface area contributed by atoms with Gasteiger partial charge in [0.2, 0.25) is 0 Å². The first-order valence-electron chi connectivity index (χ1n) is 6.84. The average Bonchev–Trinajstić information content (AvgIpc) is 2.32. The van der Waals surface area contributed by atoms with Crippen LogP contribution in [-0.2, 0) is 4.74 Å². The summed E-state index contributed by atoms with van der Waals surface area (Å²) < 4.78 is 5.11. The Balaban J connectivity index is 2.28. The number of Topliss-reactive ketones (excluding diaryl/α,β-unsaturated/α-hetero) is 1. The maximum absolute atomic E-state index is 11.9. The van der Waals surface area contributed by atoms with Crippen molar-refractivity contribution in [2.45, 2.75) is 46.1 Å². The predicted octanol–water partition coefficient (Wildman–Crippen LogP) is 3.48. The van der Waals surface area contributed by atoms with Crippen molar-refractivity contribution in [3.8, 4) is 0 Å². The highest BCUT2D eigenvalue weighted by molar-refractivity contribution is 5.96. The Kier molecular flexibility index (Phi) is 5.74. The molecular weight excluding hydrogens is 254 g/mol. The summed E-state index contributed by atoms with van der Waals surface area (Å²) in [6.45, 7) is 7.84. The van der Waals surface area contributed by atoms with E-state index >= 15 is 0 Å². The summed E-state index contributed by atoms with van der Waals surface area (Å²) in [6, 6.07) is 7.53. The molecule has 110 valence electrons. The zero-order chi connectivity index (χ0) is 15.2. The average molecular weight is 277 g/mol. The number of hydrogen-bond acceptors (Lipinski definition) is 3. The number of hydrogen-bond donors (Lipinski definition) is 1. The number of carbonyl (C=O) groups excluding carboxylic acids is 2. The van der Waals surface area contributed by atoms with E-state index in [1.165, 1.54) is 0 Å². The second-order valence-corrected chi connectivity index (χ2v) is 5.82. The summed E-state index contributed by atoms with van der Waals surface area (Å²) in [5.41, 5.74) is 1.30. The van der Waals surface area contributed by atoms with Crippen molar-refractivity contribution >= 4 is 11.9 Å². The van der Waals surface area contributed by atoms with Gasteiger partial charge in [0.1, 0.15) is 5.60 Å². The van der Waals surface area contributed by atoms with Crippen molar-refractivity contribution in [3.63, 3.8) is 0 Å². The van der Waals surface area contributed by atoms with Gasteiger partial charge in [-0.1, -0.05) is 23.8 Å². The molecule has 0 atom stereocenters. The van der Waals surface area contributed by atoms with Crippen LogP contribution in [0.5, 0.6) is 0 Å². The van der Waals surface area contributed by atoms with Gasteiger partial charge in [0.15, 0.2) is 5.78 Å². The molecule has 0 saturated heterocycles. The van der Waals surface area contributed by atoms with Crippen LogP contribution in [0.25, 0.3) is 0 Å². The molecule has 4 heteroatoms. The van der Waals surface area contributed by atoms with E-state index in [-0.39, 0.29) is 5.78 Å². The number of benzene rings is 1. The molecule has 0 aliphatic carbocycles. The number of alkyl carbamates (subject to hydrolysis) is 1. The zero-order valence-corrected chi connectivity index (χ0v) is 12.7. The molecule has 0 heterocycles. The third kappa shape index (κ3) is 6.36. The Morgan fingerprint density at radius 1 is 1.25 bits per heavy atom. The first kappa shape index (κ1) is 16.2. The van der Waals surface area contributed by atoms with Crippen LogP contribution in [0.3, 0.4) is 0 Å². The minimum Gasteiger partial charge on any atom is -0.444 e. The molecule has 0 aliphatic heterocycles. The molecule has 0 radical (unpaired) electrons. The molecule has 0 aliphatic rings. The summed E-state index contributed by atoms with van der Waals surface area (Å²) >= 11 is 0. The Morgan fingerprint density at radius 3 is 2.55 bits per heavy atom. The molecule has 1 rings (SSSR count). The molecule has 1 aromatic rings. The molecule has 1 amide bonds. The number of amides is 1. The quantitative estimate of drug-likeness (QED) is 0.662. The number of ether oxygens (including phenoxy) is 1. The van der Waals surface area contributed by atoms with Gasteiger partial charge < -0.3 is 10.1 Å². The van der Waals surface area contributed by atoms with Crippen molar-refractivity contribution in [1.29, 1.82) is 0 Å². The minimum atomic E-state index is -0.499. The van der Waals surface area contributed by atoms with Gasteiger partial charge >= 0.3 is 6.09 Å². The van der Waals surface area contributed by atoms with E-state index in [0.29, 0.717) is 19.4 Å². The zero-order valence-electron chi connectivity index (χ0n) is 12.7. The molecule has 1 N–H and O–H groups in total. The normalized spacial score (nSPS) is 11.0. The molecule has 0 saturated carbocycles. The van der Waals surface area contributed by atoms with Crippen LogP contribution >= 0.6 is 0 Å². The van der Waals surface area contributed by atoms with Crippen molar-refractivity contribution in [1.82, 2.24) is 5.32 Å². The largest absolute Gasteiger partial charge is 0.444 e. The Morgan fingerprint density at radius 2 is 1.95 bits per heavy atom. The second-order valence-electron chi connectivity index (χ2n) is 5.82. The lowest BCUT2D eigenvalue weighted by atomic mass is 10.0. The standard InChI is InChI=1S/C16H23NO3/c1-12-7-5-8-13(11-12)14(18)9-6-10-17-15(19)20-16(2,3)4/h5,7-8,11H,6,9-10H2,1-4H3,(H,17,19). The van der Waals surface area contributed by atoms with Crippen LogP contribution in [0.1, 0.15) is 49.5 Å². The predicted molar refractivity (Wildman–Crippen MR) is 79.0 cm³/mol.